The van der Waals surface area contributed by atoms with E-state index in [-0.39, 0.29) is 34.5 Å². The Hall–Kier alpha value is -4.05. The first-order valence-corrected chi connectivity index (χ1v) is 12.0. The van der Waals surface area contributed by atoms with E-state index in [4.69, 9.17) is 4.52 Å². The van der Waals surface area contributed by atoms with Crippen molar-refractivity contribution >= 4 is 27.4 Å². The summed E-state index contributed by atoms with van der Waals surface area (Å²) in [5, 5.41) is 3.88. The van der Waals surface area contributed by atoms with E-state index in [1.807, 2.05) is 6.92 Å². The smallest absolute Gasteiger partial charge is 0.337 e. The lowest BCUT2D eigenvalue weighted by Gasteiger charge is -2.35. The van der Waals surface area contributed by atoms with Gasteiger partial charge in [0.25, 0.3) is 10.0 Å². The first-order valence-electron chi connectivity index (χ1n) is 10.5. The van der Waals surface area contributed by atoms with Gasteiger partial charge in [0.05, 0.1) is 11.4 Å². The van der Waals surface area contributed by atoms with Gasteiger partial charge in [-0.2, -0.15) is 9.29 Å². The van der Waals surface area contributed by atoms with Crippen LogP contribution in [0.1, 0.15) is 18.4 Å². The molecule has 0 bridgehead atoms. The monoisotopic (exact) mass is 478 g/mol. The second-order valence-electron chi connectivity index (χ2n) is 7.65. The molecule has 5 rings (SSSR count). The van der Waals surface area contributed by atoms with Gasteiger partial charge in [-0.25, -0.2) is 17.6 Å². The van der Waals surface area contributed by atoms with Gasteiger partial charge in [0, 0.05) is 5.56 Å². The number of aryl methyl sites for hydroxylation is 1. The van der Waals surface area contributed by atoms with Crippen LogP contribution in [0, 0.1) is 5.82 Å². The molecule has 0 radical (unpaired) electrons. The molecule has 10 heteroatoms. The molecule has 1 aromatic heterocycles. The molecule has 34 heavy (non-hydrogen) atoms. The largest absolute Gasteiger partial charge is 0.343 e. The zero-order valence-electron chi connectivity index (χ0n) is 18.1. The van der Waals surface area contributed by atoms with Crippen molar-refractivity contribution < 1.29 is 22.1 Å². The first kappa shape index (κ1) is 21.8. The fraction of sp³-hybridized carbons (Fsp3) is 0.125. The van der Waals surface area contributed by atoms with Crippen molar-refractivity contribution in [2.75, 3.05) is 9.21 Å². The number of nitrogens with zero attached hydrogens (tertiary/aromatic N) is 4. The standard InChI is InChI=1S/C24H19FN4O4S/c1-2-16-10-12-19(13-11-16)29-24(30)28(20-8-3-4-9-21(20)34(29,31)32)15-22-26-23(27-33-22)17-6-5-7-18(25)14-17/h3-14H,2,15H2,1H3. The summed E-state index contributed by atoms with van der Waals surface area (Å²) in [7, 11) is -4.14. The molecule has 0 unspecified atom stereocenters. The van der Waals surface area contributed by atoms with Crippen molar-refractivity contribution in [3.63, 3.8) is 0 Å². The van der Waals surface area contributed by atoms with E-state index in [9.17, 15) is 17.6 Å². The minimum Gasteiger partial charge on any atom is -0.337 e. The average Bonchev–Trinajstić information content (AvgIpc) is 3.31. The zero-order chi connectivity index (χ0) is 23.9. The highest BCUT2D eigenvalue weighted by atomic mass is 32.2. The van der Waals surface area contributed by atoms with Crippen LogP contribution in [0.3, 0.4) is 0 Å². The lowest BCUT2D eigenvalue weighted by atomic mass is 10.1. The summed E-state index contributed by atoms with van der Waals surface area (Å²) in [6.45, 7) is 1.81. The molecule has 0 N–H and O–H groups in total. The number of urea groups is 1. The molecule has 0 spiro atoms. The maximum atomic E-state index is 13.6. The number of hydrogen-bond donors (Lipinski definition) is 0. The van der Waals surface area contributed by atoms with Crippen molar-refractivity contribution in [3.05, 3.63) is 90.1 Å². The van der Waals surface area contributed by atoms with Crippen LogP contribution in [0.2, 0.25) is 0 Å². The van der Waals surface area contributed by atoms with Crippen molar-refractivity contribution in [1.29, 1.82) is 0 Å². The number of sulfonamides is 1. The summed E-state index contributed by atoms with van der Waals surface area (Å²) < 4.78 is 46.4. The third-order valence-corrected chi connectivity index (χ3v) is 7.25. The minimum absolute atomic E-state index is 0.0148. The minimum atomic E-state index is -4.14. The number of carbonyl (C=O) groups is 1. The summed E-state index contributed by atoms with van der Waals surface area (Å²) in [6, 6.07) is 18.0. The van der Waals surface area contributed by atoms with Crippen LogP contribution in [-0.4, -0.2) is 24.6 Å². The molecule has 0 saturated heterocycles. The summed E-state index contributed by atoms with van der Waals surface area (Å²) >= 11 is 0. The van der Waals surface area contributed by atoms with Crippen LogP contribution in [0.15, 0.2) is 82.2 Å². The van der Waals surface area contributed by atoms with Gasteiger partial charge in [0.15, 0.2) is 0 Å². The van der Waals surface area contributed by atoms with Gasteiger partial charge in [-0.1, -0.05) is 48.5 Å². The SMILES string of the molecule is CCc1ccc(N2C(=O)N(Cc3nc(-c4cccc(F)c4)no3)c3ccccc3S2(=O)=O)cc1. The fourth-order valence-corrected chi connectivity index (χ4v) is 5.37. The van der Waals surface area contributed by atoms with Gasteiger partial charge in [0.2, 0.25) is 11.7 Å². The molecule has 1 aliphatic rings. The van der Waals surface area contributed by atoms with Gasteiger partial charge >= 0.3 is 6.03 Å². The average molecular weight is 479 g/mol. The van der Waals surface area contributed by atoms with E-state index in [0.717, 1.165) is 16.3 Å². The maximum absolute atomic E-state index is 13.6. The molecule has 0 aliphatic carbocycles. The van der Waals surface area contributed by atoms with E-state index >= 15 is 0 Å². The topological polar surface area (TPSA) is 96.6 Å². The van der Waals surface area contributed by atoms with Gasteiger partial charge in [-0.05, 0) is 48.4 Å². The van der Waals surface area contributed by atoms with Crippen molar-refractivity contribution in [1.82, 2.24) is 10.1 Å². The van der Waals surface area contributed by atoms with Crippen LogP contribution in [0.4, 0.5) is 20.6 Å². The van der Waals surface area contributed by atoms with E-state index in [1.54, 1.807) is 48.5 Å². The zero-order valence-corrected chi connectivity index (χ0v) is 18.9. The third kappa shape index (κ3) is 3.71. The van der Waals surface area contributed by atoms with E-state index in [1.165, 1.54) is 29.2 Å². The fourth-order valence-electron chi connectivity index (χ4n) is 3.78. The summed E-state index contributed by atoms with van der Waals surface area (Å²) in [4.78, 5) is 19.0. The van der Waals surface area contributed by atoms with E-state index in [0.29, 0.717) is 5.56 Å². The number of aromatic nitrogens is 2. The van der Waals surface area contributed by atoms with Crippen LogP contribution in [0.5, 0.6) is 0 Å². The number of anilines is 2. The Morgan fingerprint density at radius 3 is 2.50 bits per heavy atom. The van der Waals surface area contributed by atoms with E-state index < -0.39 is 21.9 Å². The Morgan fingerprint density at radius 1 is 1.00 bits per heavy atom. The molecule has 1 aliphatic heterocycles. The number of benzene rings is 3. The van der Waals surface area contributed by atoms with E-state index in [2.05, 4.69) is 10.1 Å². The second kappa shape index (κ2) is 8.38. The molecule has 0 fully saturated rings. The molecular formula is C24H19FN4O4S. The highest BCUT2D eigenvalue weighted by Crippen LogP contribution is 2.38. The Kier molecular flexibility index (Phi) is 5.37. The van der Waals surface area contributed by atoms with Crippen LogP contribution >= 0.6 is 0 Å². The first-order chi connectivity index (χ1) is 16.4. The van der Waals surface area contributed by atoms with Crippen molar-refractivity contribution in [2.45, 2.75) is 24.8 Å². The van der Waals surface area contributed by atoms with Gasteiger partial charge in [-0.3, -0.25) is 4.90 Å². The molecule has 172 valence electrons. The van der Waals surface area contributed by atoms with Crippen LogP contribution in [0.25, 0.3) is 11.4 Å². The lowest BCUT2D eigenvalue weighted by molar-refractivity contribution is 0.252. The number of halogens is 1. The molecule has 0 atom stereocenters. The number of hydrogen-bond acceptors (Lipinski definition) is 6. The predicted octanol–water partition coefficient (Wildman–Crippen LogP) is 4.77. The Morgan fingerprint density at radius 2 is 1.76 bits per heavy atom. The summed E-state index contributed by atoms with van der Waals surface area (Å²) in [5.74, 6) is -0.214. The van der Waals surface area contributed by atoms with Gasteiger partial charge in [0.1, 0.15) is 17.3 Å². The van der Waals surface area contributed by atoms with Crippen LogP contribution in [-0.2, 0) is 23.0 Å². The van der Waals surface area contributed by atoms with Crippen molar-refractivity contribution in [2.24, 2.45) is 0 Å². The molecule has 2 heterocycles. The second-order valence-corrected chi connectivity index (χ2v) is 9.40. The maximum Gasteiger partial charge on any atom is 0.343 e. The Labute approximate surface area is 195 Å². The summed E-state index contributed by atoms with van der Waals surface area (Å²) in [6.07, 6.45) is 0.779. The Bertz CT molecular complexity index is 1480. The molecule has 2 amide bonds. The number of carbonyl (C=O) groups excluding carboxylic acids is 1. The number of amides is 2. The Balaban J connectivity index is 1.55. The van der Waals surface area contributed by atoms with Gasteiger partial charge in [-0.15, -0.1) is 0 Å². The molecule has 3 aromatic carbocycles. The van der Waals surface area contributed by atoms with Crippen LogP contribution < -0.4 is 9.21 Å². The number of fused-ring (bicyclic) bond motifs is 1. The molecule has 8 nitrogen and oxygen atoms in total. The molecule has 0 saturated carbocycles. The van der Waals surface area contributed by atoms with Gasteiger partial charge < -0.3 is 4.52 Å². The third-order valence-electron chi connectivity index (χ3n) is 5.50. The quantitative estimate of drug-likeness (QED) is 0.410. The number of rotatable bonds is 5. The highest BCUT2D eigenvalue weighted by Gasteiger charge is 2.43. The normalized spacial score (nSPS) is 14.8. The number of para-hydroxylation sites is 1. The molecular weight excluding hydrogens is 459 g/mol. The predicted molar refractivity (Wildman–Crippen MR) is 123 cm³/mol. The molecule has 4 aromatic rings. The highest BCUT2D eigenvalue weighted by molar-refractivity contribution is 7.94. The van der Waals surface area contributed by atoms with Crippen molar-refractivity contribution in [3.8, 4) is 11.4 Å². The lowest BCUT2D eigenvalue weighted by Crippen LogP contribution is -2.50. The summed E-state index contributed by atoms with van der Waals surface area (Å²) in [5.41, 5.74) is 1.87.